The van der Waals surface area contributed by atoms with E-state index in [-0.39, 0.29) is 18.2 Å². The minimum Gasteiger partial charge on any atom is -0.497 e. The van der Waals surface area contributed by atoms with Gasteiger partial charge in [-0.3, -0.25) is 14.5 Å². The number of hydrogen-bond acceptors (Lipinski definition) is 5. The zero-order chi connectivity index (χ0) is 26.5. The summed E-state index contributed by atoms with van der Waals surface area (Å²) in [5, 5.41) is 3.31. The van der Waals surface area contributed by atoms with Gasteiger partial charge in [-0.2, -0.15) is 0 Å². The summed E-state index contributed by atoms with van der Waals surface area (Å²) in [6.45, 7) is 2.48. The van der Waals surface area contributed by atoms with E-state index in [0.717, 1.165) is 23.4 Å². The number of carbonyl (C=O) groups is 2. The maximum Gasteiger partial charge on any atom is 0.256 e. The van der Waals surface area contributed by atoms with Gasteiger partial charge < -0.3 is 19.9 Å². The van der Waals surface area contributed by atoms with Crippen LogP contribution in [0.2, 0.25) is 0 Å². The van der Waals surface area contributed by atoms with E-state index < -0.39 is 6.04 Å². The maximum atomic E-state index is 13.7. The lowest BCUT2D eigenvalue weighted by molar-refractivity contribution is -0.124. The van der Waals surface area contributed by atoms with Gasteiger partial charge in [0.2, 0.25) is 5.91 Å². The molecule has 1 aliphatic heterocycles. The normalized spacial score (nSPS) is 15.2. The first-order chi connectivity index (χ1) is 17.8. The molecule has 1 fully saturated rings. The quantitative estimate of drug-likeness (QED) is 0.410. The molecule has 4 rings (SSSR count). The van der Waals surface area contributed by atoms with Crippen LogP contribution in [0.3, 0.4) is 0 Å². The molecule has 3 aromatic rings. The van der Waals surface area contributed by atoms with Crippen molar-refractivity contribution < 1.29 is 14.3 Å². The molecule has 0 bridgehead atoms. The lowest BCUT2D eigenvalue weighted by Gasteiger charge is -2.24. The van der Waals surface area contributed by atoms with Gasteiger partial charge in [0.15, 0.2) is 5.11 Å². The number of nitrogens with one attached hydrogen (secondary N) is 1. The second-order valence-corrected chi connectivity index (χ2v) is 9.53. The molecule has 0 unspecified atom stereocenters. The highest BCUT2D eigenvalue weighted by Crippen LogP contribution is 2.30. The Labute approximate surface area is 223 Å². The summed E-state index contributed by atoms with van der Waals surface area (Å²) in [5.41, 5.74) is 4.55. The molecule has 8 heteroatoms. The van der Waals surface area contributed by atoms with Gasteiger partial charge in [-0.25, -0.2) is 0 Å². The van der Waals surface area contributed by atoms with Gasteiger partial charge in [0.05, 0.1) is 19.2 Å². The van der Waals surface area contributed by atoms with Crippen molar-refractivity contribution in [1.29, 1.82) is 0 Å². The van der Waals surface area contributed by atoms with Gasteiger partial charge >= 0.3 is 0 Å². The SMILES string of the molecule is CCc1ccc(NC(=O)C[C@@H]2C(=O)N(c3ccc(N(C)C)cc3)C(=S)N2Cc2ccc(OC)cc2)cc1. The van der Waals surface area contributed by atoms with Crippen LogP contribution in [0.25, 0.3) is 0 Å². The molecule has 7 nitrogen and oxygen atoms in total. The second-order valence-electron chi connectivity index (χ2n) is 9.16. The van der Waals surface area contributed by atoms with Crippen molar-refractivity contribution in [3.8, 4) is 5.75 Å². The number of carbonyl (C=O) groups excluding carboxylic acids is 2. The molecule has 1 aliphatic rings. The maximum absolute atomic E-state index is 13.7. The second kappa shape index (κ2) is 11.4. The first-order valence-electron chi connectivity index (χ1n) is 12.2. The minimum absolute atomic E-state index is 0.0169. The molecular weight excluding hydrogens is 484 g/mol. The highest BCUT2D eigenvalue weighted by Gasteiger charge is 2.44. The predicted molar refractivity (Wildman–Crippen MR) is 152 cm³/mol. The van der Waals surface area contributed by atoms with Crippen LogP contribution in [0.4, 0.5) is 17.1 Å². The molecule has 0 saturated carbocycles. The van der Waals surface area contributed by atoms with E-state index in [4.69, 9.17) is 17.0 Å². The molecule has 1 atom stereocenters. The molecule has 0 radical (unpaired) electrons. The highest BCUT2D eigenvalue weighted by molar-refractivity contribution is 7.80. The topological polar surface area (TPSA) is 65.1 Å². The zero-order valence-electron chi connectivity index (χ0n) is 21.6. The molecule has 1 saturated heterocycles. The van der Waals surface area contributed by atoms with Crippen molar-refractivity contribution in [2.24, 2.45) is 0 Å². The number of amides is 2. The Bertz CT molecular complexity index is 1260. The van der Waals surface area contributed by atoms with Gasteiger partial charge in [-0.1, -0.05) is 31.2 Å². The van der Waals surface area contributed by atoms with Gasteiger partial charge in [0.25, 0.3) is 5.91 Å². The molecular formula is C29H32N4O3S. The van der Waals surface area contributed by atoms with E-state index in [2.05, 4.69) is 12.2 Å². The van der Waals surface area contributed by atoms with Crippen LogP contribution in [0.1, 0.15) is 24.5 Å². The average Bonchev–Trinajstić information content (AvgIpc) is 3.13. The third-order valence-corrected chi connectivity index (χ3v) is 6.90. The first-order valence-corrected chi connectivity index (χ1v) is 12.6. The van der Waals surface area contributed by atoms with Crippen LogP contribution < -0.4 is 19.9 Å². The lowest BCUT2D eigenvalue weighted by Crippen LogP contribution is -2.37. The molecule has 1 heterocycles. The zero-order valence-corrected chi connectivity index (χ0v) is 22.4. The molecule has 0 aromatic heterocycles. The molecule has 192 valence electrons. The number of nitrogens with zero attached hydrogens (tertiary/aromatic N) is 3. The lowest BCUT2D eigenvalue weighted by atomic mass is 10.1. The summed E-state index contributed by atoms with van der Waals surface area (Å²) in [6, 6.07) is 22.3. The molecule has 2 amide bonds. The van der Waals surface area contributed by atoms with E-state index in [1.165, 1.54) is 10.5 Å². The summed E-state index contributed by atoms with van der Waals surface area (Å²) >= 11 is 5.80. The third kappa shape index (κ3) is 5.91. The van der Waals surface area contributed by atoms with Gasteiger partial charge in [-0.05, 0) is 78.3 Å². The summed E-state index contributed by atoms with van der Waals surface area (Å²) in [5.74, 6) is 0.291. The number of hydrogen-bond donors (Lipinski definition) is 1. The van der Waals surface area contributed by atoms with Gasteiger partial charge in [0.1, 0.15) is 11.8 Å². The van der Waals surface area contributed by atoms with Gasteiger partial charge in [0, 0.05) is 32.0 Å². The van der Waals surface area contributed by atoms with Gasteiger partial charge in [-0.15, -0.1) is 0 Å². The number of thiocarbonyl (C=S) groups is 1. The molecule has 0 aliphatic carbocycles. The van der Waals surface area contributed by atoms with E-state index >= 15 is 0 Å². The Morgan fingerprint density at radius 1 is 0.973 bits per heavy atom. The van der Waals surface area contributed by atoms with Crippen molar-refractivity contribution in [2.75, 3.05) is 36.3 Å². The van der Waals surface area contributed by atoms with Crippen molar-refractivity contribution in [3.63, 3.8) is 0 Å². The number of methoxy groups -OCH3 is 1. The van der Waals surface area contributed by atoms with Crippen LogP contribution in [-0.4, -0.2) is 49.1 Å². The third-order valence-electron chi connectivity index (χ3n) is 6.48. The van der Waals surface area contributed by atoms with Crippen LogP contribution >= 0.6 is 12.2 Å². The summed E-state index contributed by atoms with van der Waals surface area (Å²) < 4.78 is 5.27. The molecule has 3 aromatic carbocycles. The van der Waals surface area contributed by atoms with E-state index in [9.17, 15) is 9.59 Å². The minimum atomic E-state index is -0.724. The van der Waals surface area contributed by atoms with E-state index in [1.54, 1.807) is 7.11 Å². The van der Waals surface area contributed by atoms with Crippen molar-refractivity contribution in [2.45, 2.75) is 32.4 Å². The van der Waals surface area contributed by atoms with Crippen LogP contribution in [0.15, 0.2) is 72.8 Å². The Morgan fingerprint density at radius 3 is 2.16 bits per heavy atom. The monoisotopic (exact) mass is 516 g/mol. The smallest absolute Gasteiger partial charge is 0.256 e. The Kier molecular flexibility index (Phi) is 8.08. The van der Waals surface area contributed by atoms with Crippen LogP contribution in [0.5, 0.6) is 5.75 Å². The molecule has 0 spiro atoms. The summed E-state index contributed by atoms with van der Waals surface area (Å²) in [6.07, 6.45) is 0.908. The first kappa shape index (κ1) is 26.2. The van der Waals surface area contributed by atoms with Crippen molar-refractivity contribution in [1.82, 2.24) is 4.90 Å². The predicted octanol–water partition coefficient (Wildman–Crippen LogP) is 4.85. The van der Waals surface area contributed by atoms with E-state index in [1.807, 2.05) is 96.7 Å². The Hall–Kier alpha value is -3.91. The Morgan fingerprint density at radius 2 is 1.59 bits per heavy atom. The number of anilines is 3. The van der Waals surface area contributed by atoms with Crippen LogP contribution in [-0.2, 0) is 22.6 Å². The fraction of sp³-hybridized carbons (Fsp3) is 0.276. The largest absolute Gasteiger partial charge is 0.497 e. The highest BCUT2D eigenvalue weighted by atomic mass is 32.1. The van der Waals surface area contributed by atoms with E-state index in [0.29, 0.717) is 23.0 Å². The average molecular weight is 517 g/mol. The standard InChI is InChI=1S/C29H32N4O3S/c1-5-20-6-10-22(11-7-20)30-27(34)18-26-28(35)33(24-14-12-23(13-15-24)31(2)3)29(37)32(26)19-21-8-16-25(36-4)17-9-21/h6-17,26H,5,18-19H2,1-4H3,(H,30,34)/t26-/m1/s1. The summed E-state index contributed by atoms with van der Waals surface area (Å²) in [7, 11) is 5.54. The van der Waals surface area contributed by atoms with Crippen molar-refractivity contribution >= 4 is 46.2 Å². The number of ether oxygens (including phenoxy) is 1. The van der Waals surface area contributed by atoms with Crippen molar-refractivity contribution in [3.05, 3.63) is 83.9 Å². The number of rotatable bonds is 9. The number of aryl methyl sites for hydroxylation is 1. The van der Waals surface area contributed by atoms with Crippen LogP contribution in [0, 0.1) is 0 Å². The fourth-order valence-corrected chi connectivity index (χ4v) is 4.68. The fourth-order valence-electron chi connectivity index (χ4n) is 4.29. The molecule has 37 heavy (non-hydrogen) atoms. The number of benzene rings is 3. The summed E-state index contributed by atoms with van der Waals surface area (Å²) in [4.78, 5) is 32.1. The Balaban J connectivity index is 1.58. The molecule has 1 N–H and O–H groups in total.